The molecule has 2 amide bonds. The van der Waals surface area contributed by atoms with E-state index in [1.54, 1.807) is 4.90 Å². The van der Waals surface area contributed by atoms with Crippen molar-refractivity contribution >= 4 is 11.8 Å². The molecular weight excluding hydrogens is 278 g/mol. The summed E-state index contributed by atoms with van der Waals surface area (Å²) in [5, 5.41) is 0. The molecule has 2 aliphatic rings. The summed E-state index contributed by atoms with van der Waals surface area (Å²) in [4.78, 5) is 30.5. The van der Waals surface area contributed by atoms with Crippen LogP contribution in [0.25, 0.3) is 0 Å². The predicted octanol–water partition coefficient (Wildman–Crippen LogP) is 0.803. The van der Waals surface area contributed by atoms with Crippen LogP contribution in [-0.2, 0) is 9.59 Å². The Labute approximate surface area is 133 Å². The van der Waals surface area contributed by atoms with Crippen molar-refractivity contribution in [2.45, 2.75) is 33.1 Å². The van der Waals surface area contributed by atoms with Crippen molar-refractivity contribution in [3.63, 3.8) is 0 Å². The van der Waals surface area contributed by atoms with Gasteiger partial charge in [-0.25, -0.2) is 0 Å². The van der Waals surface area contributed by atoms with Gasteiger partial charge in [0.15, 0.2) is 0 Å². The lowest BCUT2D eigenvalue weighted by Crippen LogP contribution is -2.40. The van der Waals surface area contributed by atoms with Crippen LogP contribution in [0.2, 0.25) is 0 Å². The molecule has 1 atom stereocenters. The first-order valence-electron chi connectivity index (χ1n) is 8.40. The Balaban J connectivity index is 1.85. The normalized spacial score (nSPS) is 23.2. The molecule has 0 bridgehead atoms. The lowest BCUT2D eigenvalue weighted by atomic mass is 10.1. The molecule has 5 nitrogen and oxygen atoms in total. The fraction of sp³-hybridized carbons (Fsp3) is 0.765. The molecule has 2 rings (SSSR count). The van der Waals surface area contributed by atoms with Gasteiger partial charge in [0.2, 0.25) is 11.8 Å². The molecule has 0 aromatic heterocycles. The molecule has 5 heteroatoms. The maximum absolute atomic E-state index is 12.6. The molecule has 0 radical (unpaired) electrons. The highest BCUT2D eigenvalue weighted by Gasteiger charge is 2.36. The van der Waals surface area contributed by atoms with Crippen LogP contribution in [0.3, 0.4) is 0 Å². The molecule has 0 saturated carbocycles. The summed E-state index contributed by atoms with van der Waals surface area (Å²) in [5.74, 6) is 6.40. The smallest absolute Gasteiger partial charge is 0.228 e. The number of carbonyl (C=O) groups is 2. The third-order valence-corrected chi connectivity index (χ3v) is 4.45. The maximum Gasteiger partial charge on any atom is 0.228 e. The Hall–Kier alpha value is -1.54. The molecule has 122 valence electrons. The minimum absolute atomic E-state index is 0.118. The number of amides is 2. The van der Waals surface area contributed by atoms with Crippen LogP contribution in [0.4, 0.5) is 0 Å². The van der Waals surface area contributed by atoms with Crippen molar-refractivity contribution in [3.8, 4) is 11.8 Å². The lowest BCUT2D eigenvalue weighted by molar-refractivity contribution is -0.135. The van der Waals surface area contributed by atoms with Gasteiger partial charge in [0.1, 0.15) is 0 Å². The second kappa shape index (κ2) is 8.19. The molecule has 0 aromatic carbocycles. The van der Waals surface area contributed by atoms with Crippen molar-refractivity contribution in [1.82, 2.24) is 14.7 Å². The third-order valence-electron chi connectivity index (χ3n) is 4.45. The number of rotatable bonds is 3. The van der Waals surface area contributed by atoms with Crippen molar-refractivity contribution in [1.29, 1.82) is 0 Å². The second-order valence-electron chi connectivity index (χ2n) is 6.00. The Morgan fingerprint density at radius 2 is 2.00 bits per heavy atom. The standard InChI is InChI=1S/C17H27N3O2/c1-3-5-6-8-18-9-7-10-20(12-11-18)17(22)15-13-16(21)19(4-2)14-15/h15H,3-4,7-14H2,1-2H3. The van der Waals surface area contributed by atoms with Gasteiger partial charge < -0.3 is 9.80 Å². The Morgan fingerprint density at radius 3 is 2.68 bits per heavy atom. The highest BCUT2D eigenvalue weighted by Crippen LogP contribution is 2.20. The van der Waals surface area contributed by atoms with E-state index in [1.807, 2.05) is 11.8 Å². The molecule has 0 aromatic rings. The molecule has 0 N–H and O–H groups in total. The van der Waals surface area contributed by atoms with Crippen LogP contribution in [0, 0.1) is 17.8 Å². The van der Waals surface area contributed by atoms with Gasteiger partial charge in [-0.05, 0) is 13.3 Å². The van der Waals surface area contributed by atoms with E-state index >= 15 is 0 Å². The molecule has 0 spiro atoms. The number of hydrogen-bond acceptors (Lipinski definition) is 3. The summed E-state index contributed by atoms with van der Waals surface area (Å²) in [6, 6.07) is 0. The molecule has 22 heavy (non-hydrogen) atoms. The average molecular weight is 305 g/mol. The van der Waals surface area contributed by atoms with E-state index in [-0.39, 0.29) is 17.7 Å². The van der Waals surface area contributed by atoms with E-state index in [1.165, 1.54) is 0 Å². The second-order valence-corrected chi connectivity index (χ2v) is 6.00. The van der Waals surface area contributed by atoms with Crippen LogP contribution in [0.5, 0.6) is 0 Å². The first-order chi connectivity index (χ1) is 10.7. The van der Waals surface area contributed by atoms with Gasteiger partial charge in [-0.2, -0.15) is 0 Å². The number of likely N-dealkylation sites (tertiary alicyclic amines) is 1. The summed E-state index contributed by atoms with van der Waals surface area (Å²) in [7, 11) is 0. The predicted molar refractivity (Wildman–Crippen MR) is 86.1 cm³/mol. The minimum atomic E-state index is -0.140. The Kier molecular flexibility index (Phi) is 6.26. The molecule has 2 aliphatic heterocycles. The zero-order chi connectivity index (χ0) is 15.9. The van der Waals surface area contributed by atoms with Crippen LogP contribution in [0.15, 0.2) is 0 Å². The van der Waals surface area contributed by atoms with Crippen molar-refractivity contribution in [2.24, 2.45) is 5.92 Å². The minimum Gasteiger partial charge on any atom is -0.342 e. The molecular formula is C17H27N3O2. The third kappa shape index (κ3) is 4.23. The summed E-state index contributed by atoms with van der Waals surface area (Å²) >= 11 is 0. The van der Waals surface area contributed by atoms with Crippen molar-refractivity contribution < 1.29 is 9.59 Å². The Morgan fingerprint density at radius 1 is 1.18 bits per heavy atom. The summed E-state index contributed by atoms with van der Waals surface area (Å²) < 4.78 is 0. The van der Waals surface area contributed by atoms with Crippen molar-refractivity contribution in [2.75, 3.05) is 45.8 Å². The van der Waals surface area contributed by atoms with Gasteiger partial charge in [-0.3, -0.25) is 14.5 Å². The van der Waals surface area contributed by atoms with E-state index < -0.39 is 0 Å². The zero-order valence-electron chi connectivity index (χ0n) is 13.8. The van der Waals surface area contributed by atoms with Gasteiger partial charge in [-0.1, -0.05) is 12.8 Å². The van der Waals surface area contributed by atoms with Gasteiger partial charge in [-0.15, -0.1) is 5.92 Å². The molecule has 2 saturated heterocycles. The monoisotopic (exact) mass is 305 g/mol. The molecule has 1 unspecified atom stereocenters. The van der Waals surface area contributed by atoms with Crippen LogP contribution >= 0.6 is 0 Å². The first-order valence-corrected chi connectivity index (χ1v) is 8.40. The topological polar surface area (TPSA) is 43.9 Å². The van der Waals surface area contributed by atoms with E-state index in [0.717, 1.165) is 45.6 Å². The summed E-state index contributed by atoms with van der Waals surface area (Å²) in [6.45, 7) is 9.53. The fourth-order valence-electron chi connectivity index (χ4n) is 3.14. The Bertz CT molecular complexity index is 466. The van der Waals surface area contributed by atoms with E-state index in [4.69, 9.17) is 0 Å². The number of nitrogens with zero attached hydrogens (tertiary/aromatic N) is 3. The SMILES string of the molecule is CCC#CCN1CCCN(C(=O)C2CC(=O)N(CC)C2)CC1. The van der Waals surface area contributed by atoms with E-state index in [0.29, 0.717) is 19.5 Å². The highest BCUT2D eigenvalue weighted by molar-refractivity contribution is 5.89. The first kappa shape index (κ1) is 16.8. The van der Waals surface area contributed by atoms with Crippen LogP contribution in [-0.4, -0.2) is 72.3 Å². The number of hydrogen-bond donors (Lipinski definition) is 0. The molecule has 2 fully saturated rings. The largest absolute Gasteiger partial charge is 0.342 e. The number of carbonyl (C=O) groups excluding carboxylic acids is 2. The lowest BCUT2D eigenvalue weighted by Gasteiger charge is -2.24. The van der Waals surface area contributed by atoms with Gasteiger partial charge >= 0.3 is 0 Å². The maximum atomic E-state index is 12.6. The zero-order valence-corrected chi connectivity index (χ0v) is 13.8. The van der Waals surface area contributed by atoms with Crippen LogP contribution < -0.4 is 0 Å². The van der Waals surface area contributed by atoms with Gasteiger partial charge in [0, 0.05) is 52.1 Å². The summed E-state index contributed by atoms with van der Waals surface area (Å²) in [5.41, 5.74) is 0. The fourth-order valence-corrected chi connectivity index (χ4v) is 3.14. The van der Waals surface area contributed by atoms with Gasteiger partial charge in [0.25, 0.3) is 0 Å². The quantitative estimate of drug-likeness (QED) is 0.725. The van der Waals surface area contributed by atoms with Gasteiger partial charge in [0.05, 0.1) is 12.5 Å². The van der Waals surface area contributed by atoms with E-state index in [9.17, 15) is 9.59 Å². The average Bonchev–Trinajstić information content (AvgIpc) is 2.74. The van der Waals surface area contributed by atoms with Crippen LogP contribution in [0.1, 0.15) is 33.1 Å². The van der Waals surface area contributed by atoms with E-state index in [2.05, 4.69) is 23.7 Å². The molecule has 0 aliphatic carbocycles. The summed E-state index contributed by atoms with van der Waals surface area (Å²) in [6.07, 6.45) is 2.26. The highest BCUT2D eigenvalue weighted by atomic mass is 16.2. The molecule has 2 heterocycles. The van der Waals surface area contributed by atoms with Crippen molar-refractivity contribution in [3.05, 3.63) is 0 Å².